The molecule has 7 nitrogen and oxygen atoms in total. The Bertz CT molecular complexity index is 1150. The van der Waals surface area contributed by atoms with E-state index in [1.807, 2.05) is 13.0 Å². The maximum atomic E-state index is 12.6. The van der Waals surface area contributed by atoms with Gasteiger partial charge in [0, 0.05) is 10.6 Å². The Morgan fingerprint density at radius 3 is 2.27 bits per heavy atom. The van der Waals surface area contributed by atoms with Gasteiger partial charge in [-0.15, -0.1) is 11.3 Å². The monoisotopic (exact) mass is 419 g/mol. The molecule has 2 aromatic carbocycles. The predicted octanol–water partition coefficient (Wildman–Crippen LogP) is 3.23. The first-order valence-electron chi connectivity index (χ1n) is 9.16. The summed E-state index contributed by atoms with van der Waals surface area (Å²) >= 11 is 1.35. The molecule has 30 heavy (non-hydrogen) atoms. The van der Waals surface area contributed by atoms with E-state index in [0.29, 0.717) is 27.4 Å². The quantitative estimate of drug-likeness (QED) is 0.621. The summed E-state index contributed by atoms with van der Waals surface area (Å²) in [6, 6.07) is 16.6. The van der Waals surface area contributed by atoms with Crippen molar-refractivity contribution in [3.8, 4) is 0 Å². The van der Waals surface area contributed by atoms with Crippen molar-refractivity contribution in [3.05, 3.63) is 81.5 Å². The molecule has 2 heterocycles. The van der Waals surface area contributed by atoms with Gasteiger partial charge in [0.2, 0.25) is 5.91 Å². The molecule has 4 rings (SSSR count). The Balaban J connectivity index is 1.43. The second-order valence-electron chi connectivity index (χ2n) is 6.68. The average Bonchev–Trinajstić information content (AvgIpc) is 3.28. The van der Waals surface area contributed by atoms with Crippen LogP contribution in [0.3, 0.4) is 0 Å². The van der Waals surface area contributed by atoms with E-state index in [-0.39, 0.29) is 12.5 Å². The van der Waals surface area contributed by atoms with Crippen molar-refractivity contribution >= 4 is 46.3 Å². The van der Waals surface area contributed by atoms with Gasteiger partial charge in [-0.1, -0.05) is 18.2 Å². The molecular weight excluding hydrogens is 402 g/mol. The number of nitrogens with zero attached hydrogens (tertiary/aromatic N) is 1. The molecule has 0 saturated heterocycles. The molecule has 2 N–H and O–H groups in total. The fraction of sp³-hybridized carbons (Fsp3) is 0.0909. The highest BCUT2D eigenvalue weighted by molar-refractivity contribution is 7.13. The maximum Gasteiger partial charge on any atom is 0.266 e. The molecule has 150 valence electrons. The van der Waals surface area contributed by atoms with Crippen LogP contribution < -0.4 is 15.5 Å². The highest BCUT2D eigenvalue weighted by atomic mass is 32.1. The number of aryl methyl sites for hydroxylation is 1. The van der Waals surface area contributed by atoms with Gasteiger partial charge in [-0.2, -0.15) is 0 Å². The minimum Gasteiger partial charge on any atom is -0.342 e. The molecule has 0 aliphatic carbocycles. The van der Waals surface area contributed by atoms with Crippen molar-refractivity contribution in [2.24, 2.45) is 0 Å². The number of anilines is 2. The number of thiophene rings is 1. The highest BCUT2D eigenvalue weighted by Gasteiger charge is 2.36. The Kier molecular flexibility index (Phi) is 5.16. The summed E-state index contributed by atoms with van der Waals surface area (Å²) < 4.78 is 0. The van der Waals surface area contributed by atoms with E-state index in [4.69, 9.17) is 0 Å². The van der Waals surface area contributed by atoms with E-state index in [1.165, 1.54) is 11.3 Å². The number of carbonyl (C=O) groups excluding carboxylic acids is 4. The SMILES string of the molecule is Cc1ccc(C(=O)NCC(=O)Nc2cccc(N3C(=O)c4ccccc4C3=O)c2)s1. The summed E-state index contributed by atoms with van der Waals surface area (Å²) in [5.74, 6) is -1.55. The molecule has 0 radical (unpaired) electrons. The van der Waals surface area contributed by atoms with Gasteiger partial charge in [-0.05, 0) is 49.4 Å². The van der Waals surface area contributed by atoms with Crippen molar-refractivity contribution in [1.82, 2.24) is 5.32 Å². The van der Waals surface area contributed by atoms with Crippen molar-refractivity contribution in [1.29, 1.82) is 0 Å². The molecule has 0 fully saturated rings. The molecule has 1 aliphatic rings. The highest BCUT2D eigenvalue weighted by Crippen LogP contribution is 2.29. The van der Waals surface area contributed by atoms with Crippen LogP contribution in [0.5, 0.6) is 0 Å². The number of hydrogen-bond donors (Lipinski definition) is 2. The van der Waals surface area contributed by atoms with Crippen molar-refractivity contribution in [2.75, 3.05) is 16.8 Å². The van der Waals surface area contributed by atoms with E-state index in [9.17, 15) is 19.2 Å². The van der Waals surface area contributed by atoms with E-state index < -0.39 is 17.7 Å². The Hall–Kier alpha value is -3.78. The minimum atomic E-state index is -0.420. The third kappa shape index (κ3) is 3.72. The molecule has 0 saturated carbocycles. The number of carbonyl (C=O) groups is 4. The topological polar surface area (TPSA) is 95.6 Å². The first-order chi connectivity index (χ1) is 14.4. The Labute approximate surface area is 176 Å². The zero-order valence-corrected chi connectivity index (χ0v) is 16.8. The molecule has 0 unspecified atom stereocenters. The molecule has 0 bridgehead atoms. The Morgan fingerprint density at radius 2 is 1.63 bits per heavy atom. The van der Waals surface area contributed by atoms with Gasteiger partial charge >= 0.3 is 0 Å². The van der Waals surface area contributed by atoms with Gasteiger partial charge in [-0.25, -0.2) is 4.90 Å². The molecule has 4 amide bonds. The summed E-state index contributed by atoms with van der Waals surface area (Å²) in [6.45, 7) is 1.70. The van der Waals surface area contributed by atoms with Crippen LogP contribution in [0.15, 0.2) is 60.7 Å². The van der Waals surface area contributed by atoms with Crippen molar-refractivity contribution in [2.45, 2.75) is 6.92 Å². The van der Waals surface area contributed by atoms with Crippen LogP contribution >= 0.6 is 11.3 Å². The van der Waals surface area contributed by atoms with Crippen LogP contribution in [0.1, 0.15) is 35.3 Å². The third-order valence-corrected chi connectivity index (χ3v) is 5.56. The van der Waals surface area contributed by atoms with Crippen molar-refractivity contribution < 1.29 is 19.2 Å². The number of imide groups is 1. The van der Waals surface area contributed by atoms with Crippen LogP contribution in [0.25, 0.3) is 0 Å². The second-order valence-corrected chi connectivity index (χ2v) is 7.97. The van der Waals surface area contributed by atoms with Crippen LogP contribution in [0, 0.1) is 6.92 Å². The number of nitrogens with one attached hydrogen (secondary N) is 2. The van der Waals surface area contributed by atoms with E-state index >= 15 is 0 Å². The van der Waals surface area contributed by atoms with Gasteiger partial charge in [-0.3, -0.25) is 19.2 Å². The number of benzene rings is 2. The lowest BCUT2D eigenvalue weighted by Crippen LogP contribution is -2.32. The first kappa shape index (κ1) is 19.5. The first-order valence-corrected chi connectivity index (χ1v) is 9.98. The number of hydrogen-bond acceptors (Lipinski definition) is 5. The van der Waals surface area contributed by atoms with E-state index in [0.717, 1.165) is 9.78 Å². The van der Waals surface area contributed by atoms with Gasteiger partial charge < -0.3 is 10.6 Å². The fourth-order valence-electron chi connectivity index (χ4n) is 3.16. The molecule has 8 heteroatoms. The van der Waals surface area contributed by atoms with Crippen LogP contribution in [-0.4, -0.2) is 30.2 Å². The third-order valence-electron chi connectivity index (χ3n) is 4.56. The number of fused-ring (bicyclic) bond motifs is 1. The maximum absolute atomic E-state index is 12.6. The second kappa shape index (κ2) is 7.92. The molecule has 0 atom stereocenters. The van der Waals surface area contributed by atoms with E-state index in [2.05, 4.69) is 10.6 Å². The number of amides is 4. The lowest BCUT2D eigenvalue weighted by Gasteiger charge is -2.15. The standard InChI is InChI=1S/C22H17N3O4S/c1-13-9-10-18(30-13)20(27)23-12-19(26)24-14-5-4-6-15(11-14)25-21(28)16-7-2-3-8-17(16)22(25)29/h2-11H,12H2,1H3,(H,23,27)(H,24,26). The molecule has 0 spiro atoms. The summed E-state index contributed by atoms with van der Waals surface area (Å²) in [7, 11) is 0. The normalized spacial score (nSPS) is 12.6. The van der Waals surface area contributed by atoms with Crippen LogP contribution in [0.4, 0.5) is 11.4 Å². The lowest BCUT2D eigenvalue weighted by atomic mass is 10.1. The van der Waals surface area contributed by atoms with Crippen LogP contribution in [0.2, 0.25) is 0 Å². The van der Waals surface area contributed by atoms with Gasteiger partial charge in [0.25, 0.3) is 17.7 Å². The number of rotatable bonds is 5. The van der Waals surface area contributed by atoms with E-state index in [1.54, 1.807) is 54.6 Å². The largest absolute Gasteiger partial charge is 0.342 e. The van der Waals surface area contributed by atoms with Gasteiger partial charge in [0.05, 0.1) is 28.2 Å². The summed E-state index contributed by atoms with van der Waals surface area (Å²) in [6.07, 6.45) is 0. The van der Waals surface area contributed by atoms with Crippen LogP contribution in [-0.2, 0) is 4.79 Å². The fourth-order valence-corrected chi connectivity index (χ4v) is 3.94. The summed E-state index contributed by atoms with van der Waals surface area (Å²) in [5.41, 5.74) is 1.47. The predicted molar refractivity (Wildman–Crippen MR) is 114 cm³/mol. The summed E-state index contributed by atoms with van der Waals surface area (Å²) in [4.78, 5) is 52.2. The lowest BCUT2D eigenvalue weighted by molar-refractivity contribution is -0.115. The minimum absolute atomic E-state index is 0.201. The zero-order valence-electron chi connectivity index (χ0n) is 16.0. The molecule has 3 aromatic rings. The smallest absolute Gasteiger partial charge is 0.266 e. The zero-order chi connectivity index (χ0) is 21.3. The molecular formula is C22H17N3O4S. The Morgan fingerprint density at radius 1 is 0.933 bits per heavy atom. The van der Waals surface area contributed by atoms with Crippen molar-refractivity contribution in [3.63, 3.8) is 0 Å². The average molecular weight is 419 g/mol. The molecule has 1 aromatic heterocycles. The summed E-state index contributed by atoms with van der Waals surface area (Å²) in [5, 5.41) is 5.24. The van der Waals surface area contributed by atoms with Gasteiger partial charge in [0.15, 0.2) is 0 Å². The molecule has 1 aliphatic heterocycles. The van der Waals surface area contributed by atoms with Gasteiger partial charge in [0.1, 0.15) is 0 Å².